The highest BCUT2D eigenvalue weighted by molar-refractivity contribution is 9.10. The molecule has 3 rings (SSSR count). The SMILES string of the molecule is Cc1cc(NC(=O)Cc2c[nH]c3ccc(Cl)cc23)ccc1Br. The van der Waals surface area contributed by atoms with Crippen molar-refractivity contribution >= 4 is 50.0 Å². The van der Waals surface area contributed by atoms with Crippen LogP contribution in [0.1, 0.15) is 11.1 Å². The number of anilines is 1. The maximum Gasteiger partial charge on any atom is 0.228 e. The molecule has 5 heteroatoms. The first kappa shape index (κ1) is 15.1. The van der Waals surface area contributed by atoms with Gasteiger partial charge in [-0.25, -0.2) is 0 Å². The summed E-state index contributed by atoms with van der Waals surface area (Å²) in [4.78, 5) is 15.4. The summed E-state index contributed by atoms with van der Waals surface area (Å²) in [6.07, 6.45) is 2.16. The van der Waals surface area contributed by atoms with Gasteiger partial charge in [0.1, 0.15) is 0 Å². The van der Waals surface area contributed by atoms with Crippen molar-refractivity contribution < 1.29 is 4.79 Å². The Bertz CT molecular complexity index is 857. The van der Waals surface area contributed by atoms with Gasteiger partial charge in [0.25, 0.3) is 0 Å². The molecule has 0 aliphatic heterocycles. The molecule has 0 spiro atoms. The summed E-state index contributed by atoms with van der Waals surface area (Å²) in [5.74, 6) is -0.0532. The van der Waals surface area contributed by atoms with Crippen LogP contribution >= 0.6 is 27.5 Å². The van der Waals surface area contributed by atoms with Gasteiger partial charge in [-0.15, -0.1) is 0 Å². The Kier molecular flexibility index (Phi) is 4.23. The van der Waals surface area contributed by atoms with Gasteiger partial charge in [0, 0.05) is 32.3 Å². The van der Waals surface area contributed by atoms with E-state index in [9.17, 15) is 4.79 Å². The van der Waals surface area contributed by atoms with Crippen molar-refractivity contribution in [1.29, 1.82) is 0 Å². The number of hydrogen-bond acceptors (Lipinski definition) is 1. The normalized spacial score (nSPS) is 10.9. The number of nitrogens with one attached hydrogen (secondary N) is 2. The number of carbonyl (C=O) groups excluding carboxylic acids is 1. The number of H-pyrrole nitrogens is 1. The smallest absolute Gasteiger partial charge is 0.228 e. The van der Waals surface area contributed by atoms with Gasteiger partial charge < -0.3 is 10.3 Å². The van der Waals surface area contributed by atoms with Crippen LogP contribution in [0.3, 0.4) is 0 Å². The van der Waals surface area contributed by atoms with E-state index in [0.29, 0.717) is 11.4 Å². The van der Waals surface area contributed by atoms with Crippen molar-refractivity contribution in [2.24, 2.45) is 0 Å². The molecular weight excluding hydrogens is 364 g/mol. The summed E-state index contributed by atoms with van der Waals surface area (Å²) >= 11 is 9.48. The van der Waals surface area contributed by atoms with Crippen LogP contribution in [0.2, 0.25) is 5.02 Å². The largest absolute Gasteiger partial charge is 0.361 e. The van der Waals surface area contributed by atoms with E-state index in [2.05, 4.69) is 26.2 Å². The molecule has 1 heterocycles. The molecule has 0 fully saturated rings. The zero-order chi connectivity index (χ0) is 15.7. The second-order valence-corrected chi connectivity index (χ2v) is 6.48. The fourth-order valence-corrected chi connectivity index (χ4v) is 2.82. The van der Waals surface area contributed by atoms with Gasteiger partial charge in [0.15, 0.2) is 0 Å². The van der Waals surface area contributed by atoms with Crippen LogP contribution in [-0.4, -0.2) is 10.9 Å². The van der Waals surface area contributed by atoms with E-state index in [1.54, 1.807) is 0 Å². The highest BCUT2D eigenvalue weighted by atomic mass is 79.9. The first-order valence-electron chi connectivity index (χ1n) is 6.84. The fourth-order valence-electron chi connectivity index (χ4n) is 2.40. The summed E-state index contributed by atoms with van der Waals surface area (Å²) in [6.45, 7) is 1.99. The monoisotopic (exact) mass is 376 g/mol. The second kappa shape index (κ2) is 6.15. The lowest BCUT2D eigenvalue weighted by molar-refractivity contribution is -0.115. The molecule has 0 radical (unpaired) electrons. The molecule has 3 nitrogen and oxygen atoms in total. The van der Waals surface area contributed by atoms with Gasteiger partial charge in [-0.05, 0) is 54.4 Å². The highest BCUT2D eigenvalue weighted by Crippen LogP contribution is 2.24. The molecule has 112 valence electrons. The number of aryl methyl sites for hydroxylation is 1. The second-order valence-electron chi connectivity index (χ2n) is 5.19. The Morgan fingerprint density at radius 1 is 1.27 bits per heavy atom. The summed E-state index contributed by atoms with van der Waals surface area (Å²) in [7, 11) is 0. The van der Waals surface area contributed by atoms with Crippen molar-refractivity contribution in [2.45, 2.75) is 13.3 Å². The minimum Gasteiger partial charge on any atom is -0.361 e. The molecule has 2 aromatic carbocycles. The van der Waals surface area contributed by atoms with Crippen LogP contribution in [0.15, 0.2) is 47.1 Å². The Labute approximate surface area is 141 Å². The van der Waals surface area contributed by atoms with Crippen LogP contribution in [0.4, 0.5) is 5.69 Å². The average Bonchev–Trinajstić information content (AvgIpc) is 2.85. The van der Waals surface area contributed by atoms with Crippen molar-refractivity contribution in [3.05, 3.63) is 63.2 Å². The molecule has 2 N–H and O–H groups in total. The maximum absolute atomic E-state index is 12.2. The third-order valence-corrected chi connectivity index (χ3v) is 4.65. The van der Waals surface area contributed by atoms with Crippen LogP contribution in [0, 0.1) is 6.92 Å². The van der Waals surface area contributed by atoms with Gasteiger partial charge in [-0.3, -0.25) is 4.79 Å². The summed E-state index contributed by atoms with van der Waals surface area (Å²) < 4.78 is 1.02. The predicted molar refractivity (Wildman–Crippen MR) is 94.5 cm³/mol. The molecule has 0 bridgehead atoms. The van der Waals surface area contributed by atoms with Crippen molar-refractivity contribution in [3.8, 4) is 0 Å². The first-order chi connectivity index (χ1) is 10.5. The van der Waals surface area contributed by atoms with Crippen molar-refractivity contribution in [1.82, 2.24) is 4.98 Å². The minimum absolute atomic E-state index is 0.0532. The third kappa shape index (κ3) is 3.18. The lowest BCUT2D eigenvalue weighted by Gasteiger charge is -2.07. The number of rotatable bonds is 3. The standard InChI is InChI=1S/C17H14BrClN2O/c1-10-6-13(3-4-15(10)18)21-17(22)7-11-9-20-16-5-2-12(19)8-14(11)16/h2-6,8-9,20H,7H2,1H3,(H,21,22). The molecule has 3 aromatic rings. The van der Waals surface area contributed by atoms with E-state index in [1.165, 1.54) is 0 Å². The lowest BCUT2D eigenvalue weighted by atomic mass is 10.1. The molecule has 0 atom stereocenters. The number of carbonyl (C=O) groups is 1. The van der Waals surface area contributed by atoms with E-state index in [1.807, 2.05) is 49.5 Å². The Morgan fingerprint density at radius 2 is 2.09 bits per heavy atom. The maximum atomic E-state index is 12.2. The molecule has 22 heavy (non-hydrogen) atoms. The zero-order valence-electron chi connectivity index (χ0n) is 11.9. The van der Waals surface area contributed by atoms with Crippen LogP contribution in [0.5, 0.6) is 0 Å². The van der Waals surface area contributed by atoms with Crippen molar-refractivity contribution in [3.63, 3.8) is 0 Å². The molecule has 0 aliphatic rings. The topological polar surface area (TPSA) is 44.9 Å². The summed E-state index contributed by atoms with van der Waals surface area (Å²) in [5, 5.41) is 4.57. The Hall–Kier alpha value is -1.78. The fraction of sp³-hybridized carbons (Fsp3) is 0.118. The Balaban J connectivity index is 1.78. The van der Waals surface area contributed by atoms with E-state index in [4.69, 9.17) is 11.6 Å². The number of benzene rings is 2. The number of fused-ring (bicyclic) bond motifs is 1. The van der Waals surface area contributed by atoms with E-state index in [0.717, 1.165) is 32.2 Å². The van der Waals surface area contributed by atoms with E-state index >= 15 is 0 Å². The average molecular weight is 378 g/mol. The molecule has 0 saturated heterocycles. The number of hydrogen-bond donors (Lipinski definition) is 2. The number of aromatic amines is 1. The minimum atomic E-state index is -0.0532. The third-order valence-electron chi connectivity index (χ3n) is 3.52. The number of amides is 1. The summed E-state index contributed by atoms with van der Waals surface area (Å²) in [6, 6.07) is 11.4. The van der Waals surface area contributed by atoms with Crippen LogP contribution in [-0.2, 0) is 11.2 Å². The van der Waals surface area contributed by atoms with Gasteiger partial charge in [0.05, 0.1) is 6.42 Å². The molecule has 0 unspecified atom stereocenters. The van der Waals surface area contributed by atoms with Crippen molar-refractivity contribution in [2.75, 3.05) is 5.32 Å². The zero-order valence-corrected chi connectivity index (χ0v) is 14.3. The van der Waals surface area contributed by atoms with Crippen LogP contribution in [0.25, 0.3) is 10.9 Å². The Morgan fingerprint density at radius 3 is 2.86 bits per heavy atom. The van der Waals surface area contributed by atoms with E-state index in [-0.39, 0.29) is 5.91 Å². The lowest BCUT2D eigenvalue weighted by Crippen LogP contribution is -2.14. The molecule has 1 amide bonds. The van der Waals surface area contributed by atoms with Gasteiger partial charge in [-0.1, -0.05) is 27.5 Å². The predicted octanol–water partition coefficient (Wildman–Crippen LogP) is 5.07. The molecule has 1 aromatic heterocycles. The van der Waals surface area contributed by atoms with Gasteiger partial charge in [-0.2, -0.15) is 0 Å². The quantitative estimate of drug-likeness (QED) is 0.657. The van der Waals surface area contributed by atoms with Gasteiger partial charge in [0.2, 0.25) is 5.91 Å². The molecular formula is C17H14BrClN2O. The highest BCUT2D eigenvalue weighted by Gasteiger charge is 2.10. The molecule has 0 saturated carbocycles. The van der Waals surface area contributed by atoms with Gasteiger partial charge >= 0.3 is 0 Å². The number of halogens is 2. The number of aromatic nitrogens is 1. The van der Waals surface area contributed by atoms with E-state index < -0.39 is 0 Å². The first-order valence-corrected chi connectivity index (χ1v) is 8.01. The molecule has 0 aliphatic carbocycles. The summed E-state index contributed by atoms with van der Waals surface area (Å²) in [5.41, 5.74) is 3.79. The van der Waals surface area contributed by atoms with Crippen LogP contribution < -0.4 is 5.32 Å².